The molecule has 0 unspecified atom stereocenters. The van der Waals surface area contributed by atoms with Crippen LogP contribution in [0.25, 0.3) is 0 Å². The molecule has 0 amide bonds. The predicted molar refractivity (Wildman–Crippen MR) is 30.3 cm³/mol. The minimum atomic E-state index is -3.20. The Labute approximate surface area is 52.2 Å². The molecule has 0 aromatic rings. The Morgan fingerprint density at radius 2 is 1.56 bits per heavy atom. The van der Waals surface area contributed by atoms with E-state index in [2.05, 4.69) is 0 Å². The number of rotatable bonds is 3. The summed E-state index contributed by atoms with van der Waals surface area (Å²) >= 11 is 0. The van der Waals surface area contributed by atoms with E-state index in [1.807, 2.05) is 10.4 Å². The first-order valence-corrected chi connectivity index (χ1v) is 3.08. The minimum Gasteiger partial charge on any atom is -0.227 e. The molecule has 0 rings (SSSR count). The Hall–Kier alpha value is -0.850. The second-order valence-corrected chi connectivity index (χ2v) is 2.77. The monoisotopic (exact) mass is 152 g/mol. The number of nitroso groups, excluding NO2 is 2. The van der Waals surface area contributed by atoms with Gasteiger partial charge in [-0.15, -0.1) is 9.81 Å². The number of hydrogen-bond donors (Lipinski definition) is 1. The van der Waals surface area contributed by atoms with E-state index in [9.17, 15) is 18.2 Å². The molecule has 0 aliphatic heterocycles. The molecular weight excluding hydrogens is 148 g/mol. The van der Waals surface area contributed by atoms with Crippen molar-refractivity contribution in [2.75, 3.05) is 0 Å². The maximum absolute atomic E-state index is 9.93. The first-order chi connectivity index (χ1) is 4.06. The largest absolute Gasteiger partial charge is 0.324 e. The van der Waals surface area contributed by atoms with Gasteiger partial charge >= 0.3 is 4.99 Å². The van der Waals surface area contributed by atoms with Gasteiger partial charge < -0.3 is 0 Å². The zero-order chi connectivity index (χ0) is 7.49. The van der Waals surface area contributed by atoms with Crippen LogP contribution in [0.15, 0.2) is 10.4 Å². The van der Waals surface area contributed by atoms with Crippen LogP contribution in [-0.4, -0.2) is 13.4 Å². The van der Waals surface area contributed by atoms with Crippen LogP contribution >= 0.6 is 0 Å². The van der Waals surface area contributed by atoms with E-state index in [0.29, 0.717) is 0 Å². The van der Waals surface area contributed by atoms with E-state index >= 15 is 0 Å². The van der Waals surface area contributed by atoms with Crippen molar-refractivity contribution in [1.29, 1.82) is 0 Å². The molecule has 0 saturated carbocycles. The summed E-state index contributed by atoms with van der Waals surface area (Å²) in [4.78, 5) is 16.8. The van der Waals surface area contributed by atoms with Gasteiger partial charge in [-0.3, -0.25) is 0 Å². The second-order valence-electron chi connectivity index (χ2n) is 1.41. The van der Waals surface area contributed by atoms with Gasteiger partial charge in [-0.2, -0.15) is 0 Å². The molecule has 0 bridgehead atoms. The molecule has 0 aromatic carbocycles. The van der Waals surface area contributed by atoms with Gasteiger partial charge in [0.05, 0.1) is 0 Å². The summed E-state index contributed by atoms with van der Waals surface area (Å²) in [7, 11) is -3.20. The molecule has 52 valence electrons. The van der Waals surface area contributed by atoms with Crippen molar-refractivity contribution < 1.29 is 8.42 Å². The van der Waals surface area contributed by atoms with Gasteiger partial charge in [0.15, 0.2) is 10.7 Å². The third-order valence-corrected chi connectivity index (χ3v) is 1.55. The highest BCUT2D eigenvalue weighted by atomic mass is 32.2. The SMILES string of the molecule is CC(N=O)(N=O)[SH](=O)=O. The highest BCUT2D eigenvalue weighted by Crippen LogP contribution is 2.10. The van der Waals surface area contributed by atoms with Gasteiger partial charge in [-0.25, -0.2) is 8.42 Å². The van der Waals surface area contributed by atoms with Crippen molar-refractivity contribution in [3.05, 3.63) is 9.81 Å². The van der Waals surface area contributed by atoms with Gasteiger partial charge in [0, 0.05) is 6.92 Å². The van der Waals surface area contributed by atoms with E-state index in [0.717, 1.165) is 6.92 Å². The average molecular weight is 152 g/mol. The molecule has 6 nitrogen and oxygen atoms in total. The fourth-order valence-electron chi connectivity index (χ4n) is 0.0833. The van der Waals surface area contributed by atoms with Crippen LogP contribution in [0.1, 0.15) is 6.92 Å². The van der Waals surface area contributed by atoms with E-state index in [-0.39, 0.29) is 0 Å². The van der Waals surface area contributed by atoms with Crippen LogP contribution in [0.2, 0.25) is 0 Å². The topological polar surface area (TPSA) is 93.0 Å². The molecule has 0 atom stereocenters. The van der Waals surface area contributed by atoms with Gasteiger partial charge in [0.25, 0.3) is 0 Å². The zero-order valence-electron chi connectivity index (χ0n) is 4.47. The molecule has 0 fully saturated rings. The molecule has 0 aliphatic carbocycles. The van der Waals surface area contributed by atoms with Crippen molar-refractivity contribution >= 4 is 10.7 Å². The Bertz CT molecular complexity index is 181. The third-order valence-electron chi connectivity index (χ3n) is 0.692. The highest BCUT2D eigenvalue weighted by Gasteiger charge is 2.30. The normalized spacial score (nSPS) is 11.3. The Morgan fingerprint density at radius 3 is 1.56 bits per heavy atom. The molecular formula is C2H4N2O4S. The van der Waals surface area contributed by atoms with Crippen LogP contribution in [0.5, 0.6) is 0 Å². The van der Waals surface area contributed by atoms with Crippen LogP contribution in [0.4, 0.5) is 0 Å². The number of nitrogens with zero attached hydrogens (tertiary/aromatic N) is 2. The smallest absolute Gasteiger partial charge is 0.227 e. The molecule has 0 N–H and O–H groups in total. The molecule has 0 spiro atoms. The summed E-state index contributed by atoms with van der Waals surface area (Å²) in [6, 6.07) is 0. The van der Waals surface area contributed by atoms with Crippen molar-refractivity contribution in [1.82, 2.24) is 0 Å². The van der Waals surface area contributed by atoms with Crippen LogP contribution in [-0.2, 0) is 10.7 Å². The lowest BCUT2D eigenvalue weighted by Crippen LogP contribution is -2.18. The standard InChI is InChI=1S/C2H4N2O4S/c1-2(3-5,4-6)9(7)8/h9H,1H3. The van der Waals surface area contributed by atoms with Crippen molar-refractivity contribution in [2.45, 2.75) is 11.9 Å². The van der Waals surface area contributed by atoms with E-state index < -0.39 is 15.7 Å². The van der Waals surface area contributed by atoms with E-state index in [4.69, 9.17) is 0 Å². The zero-order valence-corrected chi connectivity index (χ0v) is 5.37. The highest BCUT2D eigenvalue weighted by molar-refractivity contribution is 7.74. The van der Waals surface area contributed by atoms with E-state index in [1.165, 1.54) is 0 Å². The van der Waals surface area contributed by atoms with Crippen LogP contribution in [0, 0.1) is 9.81 Å². The molecule has 0 heterocycles. The van der Waals surface area contributed by atoms with Crippen LogP contribution in [0.3, 0.4) is 0 Å². The molecule has 9 heavy (non-hydrogen) atoms. The molecule has 7 heteroatoms. The fourth-order valence-corrected chi connectivity index (χ4v) is 0.217. The number of hydrogen-bond acceptors (Lipinski definition) is 6. The lowest BCUT2D eigenvalue weighted by molar-refractivity contribution is 0.564. The lowest BCUT2D eigenvalue weighted by atomic mass is 10.6. The minimum absolute atomic E-state index is 0.818. The summed E-state index contributed by atoms with van der Waals surface area (Å²) < 4.78 is 19.9. The first-order valence-electron chi connectivity index (χ1n) is 1.90. The fraction of sp³-hybridized carbons (Fsp3) is 1.00. The lowest BCUT2D eigenvalue weighted by Gasteiger charge is -1.98. The summed E-state index contributed by atoms with van der Waals surface area (Å²) in [5, 5.41) is 4.03. The third kappa shape index (κ3) is 1.53. The summed E-state index contributed by atoms with van der Waals surface area (Å²) in [5.41, 5.74) is 0. The Balaban J connectivity index is 4.67. The predicted octanol–water partition coefficient (Wildman–Crippen LogP) is -0.196. The summed E-state index contributed by atoms with van der Waals surface area (Å²) in [5.74, 6) is 0. The maximum Gasteiger partial charge on any atom is 0.324 e. The van der Waals surface area contributed by atoms with Crippen molar-refractivity contribution in [3.8, 4) is 0 Å². The summed E-state index contributed by atoms with van der Waals surface area (Å²) in [6.07, 6.45) is 0. The molecule has 0 saturated heterocycles. The van der Waals surface area contributed by atoms with Gasteiger partial charge in [-0.1, -0.05) is 0 Å². The van der Waals surface area contributed by atoms with Crippen molar-refractivity contribution in [2.24, 2.45) is 10.4 Å². The molecule has 0 radical (unpaired) electrons. The van der Waals surface area contributed by atoms with E-state index in [1.54, 1.807) is 0 Å². The second kappa shape index (κ2) is 2.62. The summed E-state index contributed by atoms with van der Waals surface area (Å²) in [6.45, 7) is 0.818. The molecule has 0 aliphatic rings. The van der Waals surface area contributed by atoms with Gasteiger partial charge in [0.1, 0.15) is 0 Å². The van der Waals surface area contributed by atoms with Gasteiger partial charge in [0.2, 0.25) is 0 Å². The average Bonchev–Trinajstić information content (AvgIpc) is 1.86. The maximum atomic E-state index is 9.93. The Kier molecular flexibility index (Phi) is 2.38. The quantitative estimate of drug-likeness (QED) is 0.447. The van der Waals surface area contributed by atoms with Crippen LogP contribution < -0.4 is 0 Å². The van der Waals surface area contributed by atoms with Crippen molar-refractivity contribution in [3.63, 3.8) is 0 Å². The number of thiol groups is 1. The van der Waals surface area contributed by atoms with Gasteiger partial charge in [-0.05, 0) is 10.4 Å². The molecule has 0 aromatic heterocycles. The Morgan fingerprint density at radius 1 is 1.22 bits per heavy atom. The first kappa shape index (κ1) is 8.15.